The van der Waals surface area contributed by atoms with E-state index in [0.717, 1.165) is 5.36 Å². The van der Waals surface area contributed by atoms with Crippen molar-refractivity contribution in [3.8, 4) is 0 Å². The summed E-state index contributed by atoms with van der Waals surface area (Å²) >= 11 is 0. The standard InChI is InChI=1S/C19H28N2/c1-4-10-16(11-5-1)20-18-14-8-3-9-15-19(18)21-17-12-6-2-7-13-17/h3,8-9,14-17H,1-2,4-7,10-13H2,(H,20,21). The summed E-state index contributed by atoms with van der Waals surface area (Å²) in [5, 5.41) is 4.93. The topological polar surface area (TPSA) is 24.4 Å². The van der Waals surface area contributed by atoms with Gasteiger partial charge in [-0.2, -0.15) is 0 Å². The summed E-state index contributed by atoms with van der Waals surface area (Å²) in [7, 11) is 0. The summed E-state index contributed by atoms with van der Waals surface area (Å²) in [6.07, 6.45) is 13.4. The highest BCUT2D eigenvalue weighted by Crippen LogP contribution is 2.21. The van der Waals surface area contributed by atoms with E-state index in [4.69, 9.17) is 4.99 Å². The molecule has 2 fully saturated rings. The first kappa shape index (κ1) is 14.6. The highest BCUT2D eigenvalue weighted by molar-refractivity contribution is 5.42. The van der Waals surface area contributed by atoms with Crippen molar-refractivity contribution in [1.29, 1.82) is 0 Å². The predicted molar refractivity (Wildman–Crippen MR) is 89.4 cm³/mol. The van der Waals surface area contributed by atoms with Crippen molar-refractivity contribution in [3.63, 3.8) is 0 Å². The summed E-state index contributed by atoms with van der Waals surface area (Å²) < 4.78 is 0. The van der Waals surface area contributed by atoms with Gasteiger partial charge in [-0.05, 0) is 37.8 Å². The maximum atomic E-state index is 5.06. The molecular formula is C19H28N2. The summed E-state index contributed by atoms with van der Waals surface area (Å²) in [5.41, 5.74) is 1.23. The predicted octanol–water partition coefficient (Wildman–Crippen LogP) is 4.66. The molecule has 0 aromatic heterocycles. The average molecular weight is 284 g/mol. The van der Waals surface area contributed by atoms with Crippen molar-refractivity contribution in [2.24, 2.45) is 4.99 Å². The van der Waals surface area contributed by atoms with Gasteiger partial charge in [0, 0.05) is 6.04 Å². The van der Waals surface area contributed by atoms with E-state index in [1.807, 2.05) is 0 Å². The lowest BCUT2D eigenvalue weighted by Crippen LogP contribution is -2.26. The van der Waals surface area contributed by atoms with Crippen molar-refractivity contribution < 1.29 is 0 Å². The Morgan fingerprint density at radius 1 is 0.762 bits per heavy atom. The minimum Gasteiger partial charge on any atom is -0.381 e. The van der Waals surface area contributed by atoms with Gasteiger partial charge in [-0.3, -0.25) is 4.99 Å². The van der Waals surface area contributed by atoms with Gasteiger partial charge in [0.1, 0.15) is 0 Å². The van der Waals surface area contributed by atoms with Gasteiger partial charge in [0.2, 0.25) is 0 Å². The van der Waals surface area contributed by atoms with Gasteiger partial charge in [0.15, 0.2) is 0 Å². The summed E-state index contributed by atoms with van der Waals surface area (Å²) in [4.78, 5) is 5.06. The van der Waals surface area contributed by atoms with Gasteiger partial charge in [-0.15, -0.1) is 0 Å². The van der Waals surface area contributed by atoms with Crippen LogP contribution in [-0.4, -0.2) is 12.1 Å². The van der Waals surface area contributed by atoms with Gasteiger partial charge >= 0.3 is 0 Å². The first-order valence-corrected chi connectivity index (χ1v) is 8.81. The summed E-state index contributed by atoms with van der Waals surface area (Å²) in [5.74, 6) is 0. The second-order valence-electron chi connectivity index (χ2n) is 6.61. The molecule has 0 saturated heterocycles. The molecule has 0 aliphatic heterocycles. The van der Waals surface area contributed by atoms with E-state index >= 15 is 0 Å². The molecule has 0 spiro atoms. The van der Waals surface area contributed by atoms with E-state index in [1.165, 1.54) is 69.9 Å². The summed E-state index contributed by atoms with van der Waals surface area (Å²) in [6, 6.07) is 11.9. The molecule has 2 aliphatic rings. The SMILES string of the molecule is c1ccc(NC2CCCCC2)c(=NC2CCCCC2)cc1. The number of hydrogen-bond donors (Lipinski definition) is 1. The molecule has 0 amide bonds. The summed E-state index contributed by atoms with van der Waals surface area (Å²) in [6.45, 7) is 0. The first-order chi connectivity index (χ1) is 10.4. The third-order valence-corrected chi connectivity index (χ3v) is 4.88. The molecule has 2 heteroatoms. The average Bonchev–Trinajstić information content (AvgIpc) is 2.75. The Bertz CT molecular complexity index is 497. The van der Waals surface area contributed by atoms with E-state index < -0.39 is 0 Å². The number of anilines is 1. The van der Waals surface area contributed by atoms with Crippen molar-refractivity contribution in [2.45, 2.75) is 76.3 Å². The van der Waals surface area contributed by atoms with Crippen LogP contribution in [0.3, 0.4) is 0 Å². The van der Waals surface area contributed by atoms with Crippen LogP contribution in [0, 0.1) is 0 Å². The molecule has 2 saturated carbocycles. The molecule has 1 aromatic rings. The lowest BCUT2D eigenvalue weighted by molar-refractivity contribution is 0.437. The molecule has 3 rings (SSSR count). The molecule has 114 valence electrons. The number of nitrogens with zero attached hydrogens (tertiary/aromatic N) is 1. The van der Waals surface area contributed by atoms with Crippen molar-refractivity contribution in [3.05, 3.63) is 35.7 Å². The zero-order chi connectivity index (χ0) is 14.3. The third kappa shape index (κ3) is 4.33. The van der Waals surface area contributed by atoms with E-state index in [9.17, 15) is 0 Å². The molecule has 2 aliphatic carbocycles. The third-order valence-electron chi connectivity index (χ3n) is 4.88. The lowest BCUT2D eigenvalue weighted by Gasteiger charge is -2.24. The van der Waals surface area contributed by atoms with Gasteiger partial charge in [0.25, 0.3) is 0 Å². The Hall–Kier alpha value is -1.31. The highest BCUT2D eigenvalue weighted by Gasteiger charge is 2.14. The quantitative estimate of drug-likeness (QED) is 0.857. The van der Waals surface area contributed by atoms with Crippen molar-refractivity contribution in [1.82, 2.24) is 0 Å². The van der Waals surface area contributed by atoms with Crippen LogP contribution in [0.4, 0.5) is 5.69 Å². The van der Waals surface area contributed by atoms with Crippen LogP contribution in [0.5, 0.6) is 0 Å². The molecule has 1 aromatic carbocycles. The van der Waals surface area contributed by atoms with Gasteiger partial charge in [0.05, 0.1) is 17.1 Å². The van der Waals surface area contributed by atoms with Gasteiger partial charge in [-0.25, -0.2) is 0 Å². The molecule has 0 atom stereocenters. The van der Waals surface area contributed by atoms with Crippen LogP contribution >= 0.6 is 0 Å². The number of nitrogens with one attached hydrogen (secondary N) is 1. The second-order valence-corrected chi connectivity index (χ2v) is 6.61. The van der Waals surface area contributed by atoms with Crippen LogP contribution in [-0.2, 0) is 0 Å². The normalized spacial score (nSPS) is 22.2. The molecule has 0 bridgehead atoms. The van der Waals surface area contributed by atoms with Crippen LogP contribution in [0.1, 0.15) is 64.2 Å². The van der Waals surface area contributed by atoms with Crippen molar-refractivity contribution in [2.75, 3.05) is 5.32 Å². The molecule has 0 radical (unpaired) electrons. The van der Waals surface area contributed by atoms with Crippen LogP contribution in [0.15, 0.2) is 35.3 Å². The maximum absolute atomic E-state index is 5.06. The molecule has 2 nitrogen and oxygen atoms in total. The Balaban J connectivity index is 1.81. The van der Waals surface area contributed by atoms with Crippen LogP contribution in [0.25, 0.3) is 0 Å². The maximum Gasteiger partial charge on any atom is 0.0809 e. The van der Waals surface area contributed by atoms with Gasteiger partial charge < -0.3 is 5.32 Å². The second kappa shape index (κ2) is 7.63. The molecular weight excluding hydrogens is 256 g/mol. The molecule has 0 heterocycles. The molecule has 0 unspecified atom stereocenters. The van der Waals surface area contributed by atoms with Crippen LogP contribution < -0.4 is 10.7 Å². The smallest absolute Gasteiger partial charge is 0.0809 e. The highest BCUT2D eigenvalue weighted by atomic mass is 14.9. The fourth-order valence-corrected chi connectivity index (χ4v) is 3.65. The number of rotatable bonds is 3. The van der Waals surface area contributed by atoms with Gasteiger partial charge in [-0.1, -0.05) is 56.7 Å². The fraction of sp³-hybridized carbons (Fsp3) is 0.632. The van der Waals surface area contributed by atoms with Crippen molar-refractivity contribution >= 4 is 5.69 Å². The lowest BCUT2D eigenvalue weighted by atomic mass is 9.95. The monoisotopic (exact) mass is 284 g/mol. The molecule has 1 N–H and O–H groups in total. The Morgan fingerprint density at radius 3 is 2.19 bits per heavy atom. The van der Waals surface area contributed by atoms with E-state index in [1.54, 1.807) is 0 Å². The minimum absolute atomic E-state index is 0.535. The molecule has 21 heavy (non-hydrogen) atoms. The zero-order valence-corrected chi connectivity index (χ0v) is 13.1. The Morgan fingerprint density at radius 2 is 1.43 bits per heavy atom. The van der Waals surface area contributed by atoms with E-state index in [0.29, 0.717) is 12.1 Å². The minimum atomic E-state index is 0.535. The zero-order valence-electron chi connectivity index (χ0n) is 13.1. The first-order valence-electron chi connectivity index (χ1n) is 8.81. The fourth-order valence-electron chi connectivity index (χ4n) is 3.65. The van der Waals surface area contributed by atoms with E-state index in [2.05, 4.69) is 35.6 Å². The number of hydrogen-bond acceptors (Lipinski definition) is 2. The van der Waals surface area contributed by atoms with E-state index in [-0.39, 0.29) is 0 Å². The Labute approximate surface area is 128 Å². The van der Waals surface area contributed by atoms with Crippen LogP contribution in [0.2, 0.25) is 0 Å². The largest absolute Gasteiger partial charge is 0.381 e. The Kier molecular flexibility index (Phi) is 5.31.